The summed E-state index contributed by atoms with van der Waals surface area (Å²) in [4.78, 5) is 19.3. The molecule has 0 radical (unpaired) electrons. The fourth-order valence-electron chi connectivity index (χ4n) is 1.71. The summed E-state index contributed by atoms with van der Waals surface area (Å²) in [6, 6.07) is 5.55. The first-order valence-corrected chi connectivity index (χ1v) is 5.19. The molecule has 0 aliphatic rings. The third-order valence-corrected chi connectivity index (χ3v) is 2.47. The van der Waals surface area contributed by atoms with Crippen LogP contribution < -0.4 is 11.5 Å². The van der Waals surface area contributed by atoms with Gasteiger partial charge in [0.05, 0.1) is 17.0 Å². The summed E-state index contributed by atoms with van der Waals surface area (Å²) in [6.07, 6.45) is 0. The van der Waals surface area contributed by atoms with Gasteiger partial charge < -0.3 is 11.5 Å². The van der Waals surface area contributed by atoms with Crippen molar-refractivity contribution in [3.05, 3.63) is 41.3 Å². The molecule has 18 heavy (non-hydrogen) atoms. The third kappa shape index (κ3) is 2.13. The molecule has 0 saturated carbocycles. The Morgan fingerprint density at radius 2 is 1.83 bits per heavy atom. The summed E-state index contributed by atoms with van der Waals surface area (Å²) in [5, 5.41) is 0. The summed E-state index contributed by atoms with van der Waals surface area (Å²) < 4.78 is 12.9. The first-order chi connectivity index (χ1) is 8.49. The van der Waals surface area contributed by atoms with Crippen LogP contribution in [0, 0.1) is 12.7 Å². The van der Waals surface area contributed by atoms with Crippen molar-refractivity contribution in [1.82, 2.24) is 9.97 Å². The van der Waals surface area contributed by atoms with Gasteiger partial charge in [-0.3, -0.25) is 4.79 Å². The average Bonchev–Trinajstić information content (AvgIpc) is 2.28. The largest absolute Gasteiger partial charge is 0.368 e. The zero-order valence-corrected chi connectivity index (χ0v) is 9.64. The smallest absolute Gasteiger partial charge is 0.252 e. The Hall–Kier alpha value is -2.50. The van der Waals surface area contributed by atoms with Crippen LogP contribution in [0.4, 0.5) is 10.3 Å². The Balaban J connectivity index is 2.69. The number of rotatable bonds is 2. The summed E-state index contributed by atoms with van der Waals surface area (Å²) in [5.74, 6) is -0.984. The maximum Gasteiger partial charge on any atom is 0.252 e. The van der Waals surface area contributed by atoms with Crippen molar-refractivity contribution in [1.29, 1.82) is 0 Å². The summed E-state index contributed by atoms with van der Waals surface area (Å²) in [6.45, 7) is 1.62. The lowest BCUT2D eigenvalue weighted by molar-refractivity contribution is 0.0999. The zero-order chi connectivity index (χ0) is 13.3. The molecule has 92 valence electrons. The molecule has 2 aromatic rings. The molecule has 1 aromatic carbocycles. The Morgan fingerprint density at radius 3 is 2.39 bits per heavy atom. The van der Waals surface area contributed by atoms with Gasteiger partial charge in [0.2, 0.25) is 5.95 Å². The molecule has 1 aromatic heterocycles. The second-order valence-electron chi connectivity index (χ2n) is 3.76. The number of halogens is 1. The minimum atomic E-state index is -0.646. The Bertz CT molecular complexity index is 610. The van der Waals surface area contributed by atoms with E-state index in [2.05, 4.69) is 9.97 Å². The van der Waals surface area contributed by atoms with Gasteiger partial charge in [0.25, 0.3) is 5.91 Å². The number of nitrogens with two attached hydrogens (primary N) is 2. The van der Waals surface area contributed by atoms with Gasteiger partial charge in [-0.15, -0.1) is 0 Å². The number of nitrogen functional groups attached to an aromatic ring is 1. The van der Waals surface area contributed by atoms with Crippen LogP contribution in [0.2, 0.25) is 0 Å². The molecule has 0 bridgehead atoms. The van der Waals surface area contributed by atoms with Crippen LogP contribution in [0.1, 0.15) is 16.1 Å². The standard InChI is InChI=1S/C12H11FN4O/c1-6-9(11(14)18)10(17-12(15)16-6)7-2-4-8(13)5-3-7/h2-5H,1H3,(H2,14,18)(H2,15,16,17). The molecular formula is C12H11FN4O. The van der Waals surface area contributed by atoms with Crippen LogP contribution in [0.5, 0.6) is 0 Å². The molecule has 0 atom stereocenters. The van der Waals surface area contributed by atoms with Crippen LogP contribution in [-0.4, -0.2) is 15.9 Å². The van der Waals surface area contributed by atoms with Gasteiger partial charge in [0.15, 0.2) is 0 Å². The maximum atomic E-state index is 12.9. The highest BCUT2D eigenvalue weighted by molar-refractivity contribution is 6.00. The number of anilines is 1. The highest BCUT2D eigenvalue weighted by Gasteiger charge is 2.16. The topological polar surface area (TPSA) is 94.9 Å². The van der Waals surface area contributed by atoms with Crippen molar-refractivity contribution in [2.45, 2.75) is 6.92 Å². The lowest BCUT2D eigenvalue weighted by atomic mass is 10.0. The van der Waals surface area contributed by atoms with E-state index in [-0.39, 0.29) is 17.3 Å². The average molecular weight is 246 g/mol. The number of nitrogens with zero attached hydrogens (tertiary/aromatic N) is 2. The SMILES string of the molecule is Cc1nc(N)nc(-c2ccc(F)cc2)c1C(N)=O. The minimum absolute atomic E-state index is 0.0387. The molecule has 4 N–H and O–H groups in total. The monoisotopic (exact) mass is 246 g/mol. The number of aryl methyl sites for hydroxylation is 1. The zero-order valence-electron chi connectivity index (χ0n) is 9.64. The molecule has 0 saturated heterocycles. The van der Waals surface area contributed by atoms with Crippen molar-refractivity contribution in [3.8, 4) is 11.3 Å². The molecule has 1 heterocycles. The van der Waals surface area contributed by atoms with Crippen molar-refractivity contribution in [2.75, 3.05) is 5.73 Å². The molecule has 0 aliphatic heterocycles. The van der Waals surface area contributed by atoms with Crippen LogP contribution in [0.25, 0.3) is 11.3 Å². The van der Waals surface area contributed by atoms with E-state index >= 15 is 0 Å². The minimum Gasteiger partial charge on any atom is -0.368 e. The van der Waals surface area contributed by atoms with Crippen molar-refractivity contribution >= 4 is 11.9 Å². The Kier molecular flexibility index (Phi) is 2.93. The van der Waals surface area contributed by atoms with Gasteiger partial charge in [-0.05, 0) is 31.2 Å². The fourth-order valence-corrected chi connectivity index (χ4v) is 1.71. The predicted molar refractivity (Wildman–Crippen MR) is 65.1 cm³/mol. The molecule has 0 fully saturated rings. The molecule has 2 rings (SSSR count). The molecule has 0 unspecified atom stereocenters. The van der Waals surface area contributed by atoms with Gasteiger partial charge in [-0.25, -0.2) is 14.4 Å². The number of amides is 1. The number of benzene rings is 1. The fraction of sp³-hybridized carbons (Fsp3) is 0.0833. The second kappa shape index (κ2) is 4.40. The molecule has 0 spiro atoms. The summed E-state index contributed by atoms with van der Waals surface area (Å²) in [7, 11) is 0. The first-order valence-electron chi connectivity index (χ1n) is 5.19. The van der Waals surface area contributed by atoms with Gasteiger partial charge >= 0.3 is 0 Å². The van der Waals surface area contributed by atoms with E-state index in [0.29, 0.717) is 17.0 Å². The number of carbonyl (C=O) groups is 1. The number of hydrogen-bond donors (Lipinski definition) is 2. The van der Waals surface area contributed by atoms with Gasteiger partial charge in [-0.1, -0.05) is 0 Å². The van der Waals surface area contributed by atoms with Gasteiger partial charge in [0.1, 0.15) is 5.82 Å². The molecule has 6 heteroatoms. The van der Waals surface area contributed by atoms with Crippen LogP contribution in [-0.2, 0) is 0 Å². The quantitative estimate of drug-likeness (QED) is 0.834. The van der Waals surface area contributed by atoms with Gasteiger partial charge in [0, 0.05) is 5.56 Å². The van der Waals surface area contributed by atoms with E-state index in [0.717, 1.165) is 0 Å². The van der Waals surface area contributed by atoms with Crippen LogP contribution in [0.3, 0.4) is 0 Å². The number of carbonyl (C=O) groups excluding carboxylic acids is 1. The lowest BCUT2D eigenvalue weighted by Gasteiger charge is -2.09. The van der Waals surface area contributed by atoms with E-state index in [4.69, 9.17) is 11.5 Å². The number of aromatic nitrogens is 2. The predicted octanol–water partition coefficient (Wildman–Crippen LogP) is 1.27. The number of primary amides is 1. The molecular weight excluding hydrogens is 235 g/mol. The van der Waals surface area contributed by atoms with Crippen molar-refractivity contribution < 1.29 is 9.18 Å². The van der Waals surface area contributed by atoms with E-state index in [1.807, 2.05) is 0 Å². The van der Waals surface area contributed by atoms with Crippen molar-refractivity contribution in [2.24, 2.45) is 5.73 Å². The van der Waals surface area contributed by atoms with E-state index in [1.54, 1.807) is 6.92 Å². The highest BCUT2D eigenvalue weighted by Crippen LogP contribution is 2.24. The summed E-state index contributed by atoms with van der Waals surface area (Å²) >= 11 is 0. The van der Waals surface area contributed by atoms with Gasteiger partial charge in [-0.2, -0.15) is 0 Å². The summed E-state index contributed by atoms with van der Waals surface area (Å²) in [5.41, 5.74) is 12.3. The second-order valence-corrected chi connectivity index (χ2v) is 3.76. The lowest BCUT2D eigenvalue weighted by Crippen LogP contribution is -2.17. The highest BCUT2D eigenvalue weighted by atomic mass is 19.1. The van der Waals surface area contributed by atoms with Crippen LogP contribution >= 0.6 is 0 Å². The normalized spacial score (nSPS) is 10.3. The molecule has 0 aliphatic carbocycles. The molecule has 1 amide bonds. The number of hydrogen-bond acceptors (Lipinski definition) is 4. The third-order valence-electron chi connectivity index (χ3n) is 2.47. The Morgan fingerprint density at radius 1 is 1.22 bits per heavy atom. The Labute approximate surface area is 103 Å². The van der Waals surface area contributed by atoms with Crippen LogP contribution in [0.15, 0.2) is 24.3 Å². The first kappa shape index (κ1) is 12.0. The van der Waals surface area contributed by atoms with E-state index in [1.165, 1.54) is 24.3 Å². The maximum absolute atomic E-state index is 12.9. The van der Waals surface area contributed by atoms with Crippen molar-refractivity contribution in [3.63, 3.8) is 0 Å². The molecule has 5 nitrogen and oxygen atoms in total. The van der Waals surface area contributed by atoms with E-state index in [9.17, 15) is 9.18 Å². The van der Waals surface area contributed by atoms with E-state index < -0.39 is 5.91 Å².